The highest BCUT2D eigenvalue weighted by Crippen LogP contribution is 2.13. The van der Waals surface area contributed by atoms with E-state index in [2.05, 4.69) is 22.2 Å². The van der Waals surface area contributed by atoms with Gasteiger partial charge in [-0.25, -0.2) is 4.98 Å². The number of benzene rings is 1. The quantitative estimate of drug-likeness (QED) is 0.891. The van der Waals surface area contributed by atoms with E-state index >= 15 is 0 Å². The molecular weight excluding hydrogens is 254 g/mol. The number of aromatic nitrogens is 2. The first-order chi connectivity index (χ1) is 9.72. The lowest BCUT2D eigenvalue weighted by Gasteiger charge is -2.27. The van der Waals surface area contributed by atoms with Crippen LogP contribution in [-0.2, 0) is 11.3 Å². The first-order valence-electron chi connectivity index (χ1n) is 7.05. The van der Waals surface area contributed by atoms with Gasteiger partial charge in [0.2, 0.25) is 0 Å². The molecule has 1 aliphatic rings. The van der Waals surface area contributed by atoms with Gasteiger partial charge < -0.3 is 15.0 Å². The minimum absolute atomic E-state index is 0.0762. The normalized spacial score (nSPS) is 23.1. The summed E-state index contributed by atoms with van der Waals surface area (Å²) in [6.45, 7) is 3.46. The number of hydrogen-bond donors (Lipinski definition) is 2. The molecule has 1 aromatic carbocycles. The molecule has 0 bridgehead atoms. The first-order valence-corrected chi connectivity index (χ1v) is 7.05. The van der Waals surface area contributed by atoms with Crippen molar-refractivity contribution < 1.29 is 4.74 Å². The monoisotopic (exact) mass is 273 g/mol. The number of nitrogens with one attached hydrogen (secondary N) is 2. The molecule has 5 nitrogen and oxygen atoms in total. The molecule has 1 aliphatic heterocycles. The zero-order valence-corrected chi connectivity index (χ0v) is 11.6. The Bertz CT molecular complexity index is 653. The molecule has 2 atom stereocenters. The summed E-state index contributed by atoms with van der Waals surface area (Å²) in [6, 6.07) is 7.83. The fourth-order valence-electron chi connectivity index (χ4n) is 2.64. The predicted octanol–water partition coefficient (Wildman–Crippen LogP) is 1.58. The highest BCUT2D eigenvalue weighted by molar-refractivity contribution is 5.77. The van der Waals surface area contributed by atoms with E-state index in [1.54, 1.807) is 6.07 Å². The lowest BCUT2D eigenvalue weighted by Crippen LogP contribution is -2.38. The van der Waals surface area contributed by atoms with Gasteiger partial charge in [-0.2, -0.15) is 0 Å². The zero-order chi connectivity index (χ0) is 13.9. The third-order valence-electron chi connectivity index (χ3n) is 3.71. The van der Waals surface area contributed by atoms with E-state index in [1.165, 1.54) is 0 Å². The van der Waals surface area contributed by atoms with Gasteiger partial charge >= 0.3 is 0 Å². The molecular formula is C15H19N3O2. The predicted molar refractivity (Wildman–Crippen MR) is 77.6 cm³/mol. The number of H-pyrrole nitrogens is 1. The minimum Gasteiger partial charge on any atom is -0.378 e. The molecule has 1 aromatic heterocycles. The van der Waals surface area contributed by atoms with Gasteiger partial charge in [-0.3, -0.25) is 4.79 Å². The van der Waals surface area contributed by atoms with Gasteiger partial charge in [0.1, 0.15) is 5.82 Å². The summed E-state index contributed by atoms with van der Waals surface area (Å²) in [5.74, 6) is 0.688. The van der Waals surface area contributed by atoms with Crippen molar-refractivity contribution in [1.82, 2.24) is 15.3 Å². The van der Waals surface area contributed by atoms with Crippen molar-refractivity contribution in [2.24, 2.45) is 0 Å². The van der Waals surface area contributed by atoms with Crippen molar-refractivity contribution in [3.05, 3.63) is 40.4 Å². The van der Waals surface area contributed by atoms with Gasteiger partial charge in [-0.15, -0.1) is 0 Å². The maximum Gasteiger partial charge on any atom is 0.258 e. The number of nitrogens with zero attached hydrogens (tertiary/aromatic N) is 1. The van der Waals surface area contributed by atoms with Crippen LogP contribution in [0.5, 0.6) is 0 Å². The molecule has 2 aromatic rings. The van der Waals surface area contributed by atoms with Gasteiger partial charge in [0.05, 0.1) is 23.6 Å². The summed E-state index contributed by atoms with van der Waals surface area (Å²) in [5.41, 5.74) is 0.668. The van der Waals surface area contributed by atoms with Crippen LogP contribution in [0.15, 0.2) is 29.1 Å². The van der Waals surface area contributed by atoms with Crippen molar-refractivity contribution in [2.45, 2.75) is 38.5 Å². The Hall–Kier alpha value is -1.72. The maximum atomic E-state index is 12.0. The molecule has 0 spiro atoms. The second kappa shape index (κ2) is 5.73. The fraction of sp³-hybridized carbons (Fsp3) is 0.467. The summed E-state index contributed by atoms with van der Waals surface area (Å²) in [6.07, 6.45) is 2.30. The highest BCUT2D eigenvalue weighted by Gasteiger charge is 2.18. The zero-order valence-electron chi connectivity index (χ0n) is 11.6. The fourth-order valence-corrected chi connectivity index (χ4v) is 2.64. The smallest absolute Gasteiger partial charge is 0.258 e. The number of rotatable bonds is 3. The molecule has 2 heterocycles. The van der Waals surface area contributed by atoms with E-state index in [4.69, 9.17) is 4.74 Å². The lowest BCUT2D eigenvalue weighted by atomic mass is 10.0. The van der Waals surface area contributed by atoms with Crippen LogP contribution in [0, 0.1) is 0 Å². The number of ether oxygens (including phenoxy) is 1. The SMILES string of the molecule is CC1CC(NCc2nc3ccccc3c(=O)[nH]2)CCO1. The molecule has 1 fully saturated rings. The van der Waals surface area contributed by atoms with Crippen LogP contribution in [0.1, 0.15) is 25.6 Å². The molecule has 2 unspecified atom stereocenters. The summed E-state index contributed by atoms with van der Waals surface area (Å²) >= 11 is 0. The Morgan fingerprint density at radius 2 is 2.30 bits per heavy atom. The molecule has 0 radical (unpaired) electrons. The largest absolute Gasteiger partial charge is 0.378 e. The number of aromatic amines is 1. The Morgan fingerprint density at radius 3 is 3.15 bits per heavy atom. The van der Waals surface area contributed by atoms with Crippen LogP contribution in [0.4, 0.5) is 0 Å². The summed E-state index contributed by atoms with van der Waals surface area (Å²) in [4.78, 5) is 19.3. The van der Waals surface area contributed by atoms with Crippen LogP contribution < -0.4 is 10.9 Å². The molecule has 0 aliphatic carbocycles. The number of fused-ring (bicyclic) bond motifs is 1. The summed E-state index contributed by atoms with van der Waals surface area (Å²) in [5, 5.41) is 4.08. The Kier molecular flexibility index (Phi) is 3.80. The molecule has 20 heavy (non-hydrogen) atoms. The Morgan fingerprint density at radius 1 is 1.45 bits per heavy atom. The molecule has 0 saturated carbocycles. The second-order valence-corrected chi connectivity index (χ2v) is 5.31. The maximum absolute atomic E-state index is 12.0. The molecule has 5 heteroatoms. The summed E-state index contributed by atoms with van der Waals surface area (Å²) < 4.78 is 5.52. The molecule has 2 N–H and O–H groups in total. The standard InChI is InChI=1S/C15H19N3O2/c1-10-8-11(6-7-20-10)16-9-14-17-13-5-3-2-4-12(13)15(19)18-14/h2-5,10-11,16H,6-9H2,1H3,(H,17,18,19). The van der Waals surface area contributed by atoms with Crippen molar-refractivity contribution in [3.63, 3.8) is 0 Å². The van der Waals surface area contributed by atoms with Gasteiger partial charge in [-0.1, -0.05) is 12.1 Å². The van der Waals surface area contributed by atoms with Crippen LogP contribution in [0.25, 0.3) is 10.9 Å². The third kappa shape index (κ3) is 2.89. The van der Waals surface area contributed by atoms with E-state index in [1.807, 2.05) is 18.2 Å². The average Bonchev–Trinajstić information content (AvgIpc) is 2.45. The van der Waals surface area contributed by atoms with Gasteiger partial charge in [0, 0.05) is 12.6 Å². The van der Waals surface area contributed by atoms with Crippen molar-refractivity contribution >= 4 is 10.9 Å². The molecule has 1 saturated heterocycles. The van der Waals surface area contributed by atoms with Crippen LogP contribution in [-0.4, -0.2) is 28.7 Å². The van der Waals surface area contributed by atoms with E-state index in [0.717, 1.165) is 25.0 Å². The van der Waals surface area contributed by atoms with Crippen LogP contribution in [0.3, 0.4) is 0 Å². The van der Waals surface area contributed by atoms with Crippen LogP contribution >= 0.6 is 0 Å². The number of para-hydroxylation sites is 1. The topological polar surface area (TPSA) is 67.0 Å². The van der Waals surface area contributed by atoms with Crippen molar-refractivity contribution in [3.8, 4) is 0 Å². The summed E-state index contributed by atoms with van der Waals surface area (Å²) in [7, 11) is 0. The van der Waals surface area contributed by atoms with E-state index in [0.29, 0.717) is 29.9 Å². The van der Waals surface area contributed by atoms with Crippen molar-refractivity contribution in [1.29, 1.82) is 0 Å². The first kappa shape index (κ1) is 13.3. The van der Waals surface area contributed by atoms with Crippen LogP contribution in [0.2, 0.25) is 0 Å². The van der Waals surface area contributed by atoms with Gasteiger partial charge in [0.25, 0.3) is 5.56 Å². The van der Waals surface area contributed by atoms with Gasteiger partial charge in [0.15, 0.2) is 0 Å². The van der Waals surface area contributed by atoms with Gasteiger partial charge in [-0.05, 0) is 31.9 Å². The lowest BCUT2D eigenvalue weighted by molar-refractivity contribution is 0.0129. The number of hydrogen-bond acceptors (Lipinski definition) is 4. The van der Waals surface area contributed by atoms with Crippen molar-refractivity contribution in [2.75, 3.05) is 6.61 Å². The Labute approximate surface area is 117 Å². The van der Waals surface area contributed by atoms with E-state index in [-0.39, 0.29) is 5.56 Å². The molecule has 0 amide bonds. The minimum atomic E-state index is -0.0762. The molecule has 3 rings (SSSR count). The second-order valence-electron chi connectivity index (χ2n) is 5.31. The Balaban J connectivity index is 1.73. The highest BCUT2D eigenvalue weighted by atomic mass is 16.5. The average molecular weight is 273 g/mol. The molecule has 106 valence electrons. The third-order valence-corrected chi connectivity index (χ3v) is 3.71. The van der Waals surface area contributed by atoms with E-state index in [9.17, 15) is 4.79 Å². The van der Waals surface area contributed by atoms with E-state index < -0.39 is 0 Å².